The van der Waals surface area contributed by atoms with Gasteiger partial charge in [-0.15, -0.1) is 0 Å². The van der Waals surface area contributed by atoms with E-state index in [-0.39, 0.29) is 31.3 Å². The van der Waals surface area contributed by atoms with Crippen molar-refractivity contribution in [2.75, 3.05) is 51.8 Å². The second-order valence-electron chi connectivity index (χ2n) is 8.45. The minimum absolute atomic E-state index is 0.0500. The zero-order chi connectivity index (χ0) is 29.4. The number of amidine groups is 1. The van der Waals surface area contributed by atoms with Crippen molar-refractivity contribution in [3.63, 3.8) is 0 Å². The average molecular weight is 552 g/mol. The van der Waals surface area contributed by atoms with Crippen molar-refractivity contribution >= 4 is 41.5 Å². The van der Waals surface area contributed by atoms with E-state index >= 15 is 0 Å². The number of ether oxygens (including phenoxy) is 1. The molecule has 0 aromatic heterocycles. The van der Waals surface area contributed by atoms with Crippen LogP contribution in [0.4, 0.5) is 15.3 Å². The van der Waals surface area contributed by atoms with Gasteiger partial charge in [0, 0.05) is 44.4 Å². The number of benzene rings is 1. The van der Waals surface area contributed by atoms with Gasteiger partial charge >= 0.3 is 18.1 Å². The second-order valence-corrected chi connectivity index (χ2v) is 8.45. The van der Waals surface area contributed by atoms with Gasteiger partial charge in [-0.05, 0) is 51.7 Å². The number of amides is 4. The minimum Gasteiger partial charge on any atom is -0.481 e. The molecule has 15 heteroatoms. The third-order valence-electron chi connectivity index (χ3n) is 4.97. The molecule has 0 unspecified atom stereocenters. The van der Waals surface area contributed by atoms with E-state index in [1.807, 2.05) is 19.0 Å². The maximum atomic E-state index is 12.7. The Labute approximate surface area is 226 Å². The van der Waals surface area contributed by atoms with Crippen LogP contribution in [-0.4, -0.2) is 98.7 Å². The molecule has 1 aliphatic rings. The third-order valence-corrected chi connectivity index (χ3v) is 4.97. The molecule has 0 radical (unpaired) electrons. The largest absolute Gasteiger partial charge is 0.481 e. The monoisotopic (exact) mass is 551 g/mol. The van der Waals surface area contributed by atoms with Crippen molar-refractivity contribution in [3.8, 4) is 0 Å². The quantitative estimate of drug-likeness (QED) is 0.101. The van der Waals surface area contributed by atoms with Crippen molar-refractivity contribution < 1.29 is 38.7 Å². The maximum Gasteiger partial charge on any atom is 0.431 e. The molecular weight excluding hydrogens is 514 g/mol. The van der Waals surface area contributed by atoms with Crippen molar-refractivity contribution in [1.82, 2.24) is 26.3 Å². The van der Waals surface area contributed by atoms with Crippen molar-refractivity contribution in [2.24, 2.45) is 0 Å². The summed E-state index contributed by atoms with van der Waals surface area (Å²) in [5.74, 6) is -1.62. The standard InChI is InChI=1S/C22H33N7O6.C2H4O2/c1-4-34-18(30)9-11-24-21(32)26-17-10-13-29(20(17)31)16-7-5-15(6-8-16)19(23)27-35-22(33)25-12-14-28(2)3;1-2(3)4/h5-8,17H,4,9-14H2,1-3H3,(H2,23,27)(H,25,33)(H2,24,26,32);1H3,(H,3,4)/t17-;/m0./s1. The molecule has 15 nitrogen and oxygen atoms in total. The van der Waals surface area contributed by atoms with Gasteiger partial charge < -0.3 is 40.4 Å². The highest BCUT2D eigenvalue weighted by molar-refractivity contribution is 6.02. The molecule has 0 bridgehead atoms. The number of likely N-dealkylation sites (N-methyl/N-ethyl adjacent to an activating group) is 1. The van der Waals surface area contributed by atoms with Crippen LogP contribution in [0.2, 0.25) is 0 Å². The molecule has 4 amide bonds. The molecule has 1 aromatic rings. The number of carbonyl (C=O) groups excluding carboxylic acids is 4. The number of nitrogens with one attached hydrogen (secondary N) is 5. The highest BCUT2D eigenvalue weighted by Crippen LogP contribution is 2.22. The molecule has 216 valence electrons. The summed E-state index contributed by atoms with van der Waals surface area (Å²) in [6.07, 6.45) is -0.214. The molecule has 6 N–H and O–H groups in total. The SMILES string of the molecule is CC(=O)O.CCOC(=O)CCNC(=O)N[C@H]1CCN(c2ccc(C(=N)NOC(=O)NCCN(C)C)cc2)C1=O. The van der Waals surface area contributed by atoms with Gasteiger partial charge in [0.1, 0.15) is 6.04 Å². The lowest BCUT2D eigenvalue weighted by atomic mass is 10.2. The van der Waals surface area contributed by atoms with E-state index in [4.69, 9.17) is 24.9 Å². The van der Waals surface area contributed by atoms with Crippen LogP contribution in [-0.2, 0) is 24.0 Å². The molecular formula is C24H37N7O8. The first-order valence-electron chi connectivity index (χ1n) is 12.2. The molecule has 0 saturated carbocycles. The van der Waals surface area contributed by atoms with Gasteiger partial charge in [0.15, 0.2) is 5.84 Å². The first kappa shape index (κ1) is 32.6. The second kappa shape index (κ2) is 17.2. The fourth-order valence-corrected chi connectivity index (χ4v) is 3.17. The predicted octanol–water partition coefficient (Wildman–Crippen LogP) is 0.253. The Morgan fingerprint density at radius 1 is 1.13 bits per heavy atom. The summed E-state index contributed by atoms with van der Waals surface area (Å²) >= 11 is 0. The Kier molecular flexibility index (Phi) is 14.4. The van der Waals surface area contributed by atoms with Crippen LogP contribution >= 0.6 is 0 Å². The lowest BCUT2D eigenvalue weighted by Gasteiger charge is -2.18. The number of carboxylic acids is 1. The Balaban J connectivity index is 0.00000177. The van der Waals surface area contributed by atoms with Gasteiger partial charge in [0.2, 0.25) is 5.91 Å². The molecule has 2 rings (SSSR count). The number of hydrogen-bond donors (Lipinski definition) is 6. The van der Waals surface area contributed by atoms with Gasteiger partial charge in [0.25, 0.3) is 5.97 Å². The molecule has 1 saturated heterocycles. The number of anilines is 1. The normalized spacial score (nSPS) is 14.0. The Morgan fingerprint density at radius 2 is 1.77 bits per heavy atom. The number of carbonyl (C=O) groups is 5. The van der Waals surface area contributed by atoms with Crippen LogP contribution in [0.15, 0.2) is 24.3 Å². The van der Waals surface area contributed by atoms with Crippen LogP contribution in [0.1, 0.15) is 32.3 Å². The number of urea groups is 1. The zero-order valence-corrected chi connectivity index (χ0v) is 22.5. The summed E-state index contributed by atoms with van der Waals surface area (Å²) in [4.78, 5) is 65.0. The molecule has 1 atom stereocenters. The van der Waals surface area contributed by atoms with Gasteiger partial charge in [0.05, 0.1) is 13.0 Å². The highest BCUT2D eigenvalue weighted by atomic mass is 16.7. The summed E-state index contributed by atoms with van der Waals surface area (Å²) in [5.41, 5.74) is 3.36. The summed E-state index contributed by atoms with van der Waals surface area (Å²) in [7, 11) is 3.76. The Hall–Kier alpha value is -4.40. The van der Waals surface area contributed by atoms with Gasteiger partial charge in [-0.25, -0.2) is 9.59 Å². The van der Waals surface area contributed by atoms with Crippen molar-refractivity contribution in [3.05, 3.63) is 29.8 Å². The van der Waals surface area contributed by atoms with Crippen LogP contribution in [0.25, 0.3) is 0 Å². The molecule has 1 fully saturated rings. The lowest BCUT2D eigenvalue weighted by molar-refractivity contribution is -0.143. The van der Waals surface area contributed by atoms with Crippen LogP contribution in [0.3, 0.4) is 0 Å². The van der Waals surface area contributed by atoms with E-state index in [0.29, 0.717) is 37.3 Å². The maximum absolute atomic E-state index is 12.7. The van der Waals surface area contributed by atoms with Crippen LogP contribution in [0.5, 0.6) is 0 Å². The van der Waals surface area contributed by atoms with E-state index in [9.17, 15) is 19.2 Å². The summed E-state index contributed by atoms with van der Waals surface area (Å²) in [6.45, 7) is 4.65. The third kappa shape index (κ3) is 13.1. The first-order chi connectivity index (χ1) is 18.4. The number of carboxylic acid groups (broad SMARTS) is 1. The van der Waals surface area contributed by atoms with E-state index in [1.165, 1.54) is 0 Å². The molecule has 0 aliphatic carbocycles. The van der Waals surface area contributed by atoms with E-state index in [2.05, 4.69) is 21.4 Å². The van der Waals surface area contributed by atoms with Gasteiger partial charge in [-0.1, -0.05) is 0 Å². The fraction of sp³-hybridized carbons (Fsp3) is 0.500. The van der Waals surface area contributed by atoms with Crippen molar-refractivity contribution in [2.45, 2.75) is 32.7 Å². The van der Waals surface area contributed by atoms with Gasteiger partial charge in [-0.3, -0.25) is 19.8 Å². The fourth-order valence-electron chi connectivity index (χ4n) is 3.17. The van der Waals surface area contributed by atoms with Crippen LogP contribution < -0.4 is 26.3 Å². The zero-order valence-electron chi connectivity index (χ0n) is 22.5. The lowest BCUT2D eigenvalue weighted by Crippen LogP contribution is -2.46. The minimum atomic E-state index is -0.833. The number of aliphatic carboxylic acids is 1. The number of hydrogen-bond acceptors (Lipinski definition) is 9. The van der Waals surface area contributed by atoms with E-state index in [1.54, 1.807) is 36.1 Å². The summed E-state index contributed by atoms with van der Waals surface area (Å²) in [6, 6.07) is 5.36. The predicted molar refractivity (Wildman–Crippen MR) is 141 cm³/mol. The Morgan fingerprint density at radius 3 is 2.36 bits per heavy atom. The van der Waals surface area contributed by atoms with E-state index in [0.717, 1.165) is 6.92 Å². The van der Waals surface area contributed by atoms with Crippen molar-refractivity contribution in [1.29, 1.82) is 5.41 Å². The summed E-state index contributed by atoms with van der Waals surface area (Å²) in [5, 5.41) is 23.1. The molecule has 0 spiro atoms. The molecule has 1 aromatic carbocycles. The molecule has 39 heavy (non-hydrogen) atoms. The summed E-state index contributed by atoms with van der Waals surface area (Å²) < 4.78 is 4.79. The first-order valence-corrected chi connectivity index (χ1v) is 12.2. The smallest absolute Gasteiger partial charge is 0.431 e. The highest BCUT2D eigenvalue weighted by Gasteiger charge is 2.33. The number of nitrogens with zero attached hydrogens (tertiary/aromatic N) is 2. The Bertz CT molecular complexity index is 997. The average Bonchev–Trinajstić information content (AvgIpc) is 3.22. The molecule has 1 heterocycles. The topological polar surface area (TPSA) is 202 Å². The van der Waals surface area contributed by atoms with E-state index < -0.39 is 30.1 Å². The molecule has 1 aliphatic heterocycles. The number of hydroxylamine groups is 1. The van der Waals surface area contributed by atoms with Crippen LogP contribution in [0, 0.1) is 5.41 Å². The number of rotatable bonds is 10. The van der Waals surface area contributed by atoms with Gasteiger partial charge in [-0.2, -0.15) is 5.48 Å². The number of esters is 1.